The Morgan fingerprint density at radius 1 is 1.13 bits per heavy atom. The van der Waals surface area contributed by atoms with E-state index in [0.29, 0.717) is 0 Å². The normalized spacial score (nSPS) is 15.7. The first-order chi connectivity index (χ1) is 11.2. The summed E-state index contributed by atoms with van der Waals surface area (Å²) < 4.78 is 13.2. The van der Waals surface area contributed by atoms with Crippen LogP contribution in [0.2, 0.25) is 5.02 Å². The second-order valence-corrected chi connectivity index (χ2v) is 6.01. The van der Waals surface area contributed by atoms with Gasteiger partial charge in [0.15, 0.2) is 0 Å². The molecule has 0 aliphatic carbocycles. The molecular weight excluding hydrogens is 315 g/mol. The quantitative estimate of drug-likeness (QED) is 0.922. The van der Waals surface area contributed by atoms with E-state index in [1.807, 2.05) is 6.20 Å². The molecule has 0 unspecified atom stereocenters. The van der Waals surface area contributed by atoms with E-state index in [2.05, 4.69) is 33.1 Å². The second-order valence-electron chi connectivity index (χ2n) is 5.61. The van der Waals surface area contributed by atoms with Gasteiger partial charge in [0.1, 0.15) is 5.82 Å². The fourth-order valence-corrected chi connectivity index (χ4v) is 2.91. The van der Waals surface area contributed by atoms with Gasteiger partial charge in [0, 0.05) is 31.9 Å². The summed E-state index contributed by atoms with van der Waals surface area (Å²) in [6, 6.07) is 6.65. The Hall–Kier alpha value is -1.85. The Kier molecular flexibility index (Phi) is 4.98. The highest BCUT2D eigenvalue weighted by Gasteiger charge is 2.16. The van der Waals surface area contributed by atoms with Crippen LogP contribution in [0.1, 0.15) is 6.92 Å². The average molecular weight is 335 g/mol. The molecule has 1 aliphatic heterocycles. The molecule has 1 N–H and O–H groups in total. The van der Waals surface area contributed by atoms with Crippen molar-refractivity contribution in [3.8, 4) is 0 Å². The zero-order valence-corrected chi connectivity index (χ0v) is 13.9. The number of aromatic nitrogens is 1. The highest BCUT2D eigenvalue weighted by atomic mass is 35.5. The summed E-state index contributed by atoms with van der Waals surface area (Å²) in [5.41, 5.74) is 2.70. The lowest BCUT2D eigenvalue weighted by atomic mass is 10.2. The van der Waals surface area contributed by atoms with Gasteiger partial charge < -0.3 is 15.1 Å². The van der Waals surface area contributed by atoms with Crippen molar-refractivity contribution in [1.82, 2.24) is 9.88 Å². The van der Waals surface area contributed by atoms with E-state index in [0.717, 1.165) is 49.8 Å². The van der Waals surface area contributed by atoms with Gasteiger partial charge in [-0.3, -0.25) is 4.98 Å². The number of nitrogens with zero attached hydrogens (tertiary/aromatic N) is 3. The van der Waals surface area contributed by atoms with Crippen molar-refractivity contribution in [2.24, 2.45) is 0 Å². The number of benzene rings is 1. The van der Waals surface area contributed by atoms with Gasteiger partial charge in [0.2, 0.25) is 0 Å². The Labute approximate surface area is 140 Å². The minimum absolute atomic E-state index is 0.106. The highest BCUT2D eigenvalue weighted by molar-refractivity contribution is 6.31. The van der Waals surface area contributed by atoms with Crippen LogP contribution in [0.5, 0.6) is 0 Å². The number of rotatable bonds is 4. The molecule has 0 atom stereocenters. The monoisotopic (exact) mass is 334 g/mol. The smallest absolute Gasteiger partial charge is 0.141 e. The van der Waals surface area contributed by atoms with Gasteiger partial charge in [0.05, 0.1) is 28.8 Å². The largest absolute Gasteiger partial charge is 0.368 e. The molecule has 0 spiro atoms. The summed E-state index contributed by atoms with van der Waals surface area (Å²) in [5, 5.41) is 3.33. The van der Waals surface area contributed by atoms with Gasteiger partial charge in [-0.15, -0.1) is 0 Å². The van der Waals surface area contributed by atoms with Crippen LogP contribution >= 0.6 is 11.6 Å². The van der Waals surface area contributed by atoms with E-state index in [1.54, 1.807) is 18.3 Å². The zero-order valence-electron chi connectivity index (χ0n) is 13.1. The molecule has 0 radical (unpaired) electrons. The highest BCUT2D eigenvalue weighted by Crippen LogP contribution is 2.25. The Balaban J connectivity index is 1.71. The Bertz CT molecular complexity index is 671. The fraction of sp³-hybridized carbons (Fsp3) is 0.353. The summed E-state index contributed by atoms with van der Waals surface area (Å²) in [4.78, 5) is 9.08. The number of nitrogens with one attached hydrogen (secondary N) is 1. The number of halogens is 2. The molecule has 4 nitrogen and oxygen atoms in total. The van der Waals surface area contributed by atoms with E-state index in [-0.39, 0.29) is 5.02 Å². The molecule has 1 aromatic heterocycles. The van der Waals surface area contributed by atoms with Crippen LogP contribution in [0.3, 0.4) is 0 Å². The maximum absolute atomic E-state index is 13.2. The topological polar surface area (TPSA) is 31.4 Å². The van der Waals surface area contributed by atoms with E-state index in [9.17, 15) is 4.39 Å². The molecule has 0 amide bonds. The first kappa shape index (κ1) is 16.0. The van der Waals surface area contributed by atoms with Gasteiger partial charge in [-0.05, 0) is 30.8 Å². The maximum atomic E-state index is 13.2. The second kappa shape index (κ2) is 7.15. The third-order valence-corrected chi connectivity index (χ3v) is 4.41. The minimum atomic E-state index is -0.419. The molecule has 0 saturated carbocycles. The predicted octanol–water partition coefficient (Wildman–Crippen LogP) is 3.76. The van der Waals surface area contributed by atoms with Crippen molar-refractivity contribution >= 4 is 28.7 Å². The molecular formula is C17H20ClFN4. The summed E-state index contributed by atoms with van der Waals surface area (Å²) >= 11 is 5.82. The Morgan fingerprint density at radius 3 is 2.61 bits per heavy atom. The molecule has 0 bridgehead atoms. The lowest BCUT2D eigenvalue weighted by molar-refractivity contribution is 0.271. The van der Waals surface area contributed by atoms with Crippen molar-refractivity contribution < 1.29 is 4.39 Å². The molecule has 1 aromatic carbocycles. The minimum Gasteiger partial charge on any atom is -0.368 e. The lowest BCUT2D eigenvalue weighted by Gasteiger charge is -2.35. The molecule has 2 heterocycles. The first-order valence-corrected chi connectivity index (χ1v) is 8.18. The first-order valence-electron chi connectivity index (χ1n) is 7.80. The zero-order chi connectivity index (χ0) is 16.2. The van der Waals surface area contributed by atoms with Crippen molar-refractivity contribution in [2.45, 2.75) is 6.92 Å². The van der Waals surface area contributed by atoms with Gasteiger partial charge in [-0.1, -0.05) is 18.5 Å². The van der Waals surface area contributed by atoms with Crippen LogP contribution in [0.25, 0.3) is 0 Å². The van der Waals surface area contributed by atoms with Crippen LogP contribution in [0.4, 0.5) is 21.5 Å². The van der Waals surface area contributed by atoms with Gasteiger partial charge >= 0.3 is 0 Å². The predicted molar refractivity (Wildman–Crippen MR) is 93.3 cm³/mol. The maximum Gasteiger partial charge on any atom is 0.141 e. The summed E-state index contributed by atoms with van der Waals surface area (Å²) in [5.74, 6) is -0.419. The summed E-state index contributed by atoms with van der Waals surface area (Å²) in [6.07, 6.45) is 3.63. The third-order valence-electron chi connectivity index (χ3n) is 4.12. The average Bonchev–Trinajstić information content (AvgIpc) is 2.58. The van der Waals surface area contributed by atoms with Gasteiger partial charge in [-0.2, -0.15) is 0 Å². The molecule has 6 heteroatoms. The summed E-state index contributed by atoms with van der Waals surface area (Å²) in [7, 11) is 0. The fourth-order valence-electron chi connectivity index (χ4n) is 2.73. The number of piperazine rings is 1. The molecule has 1 fully saturated rings. The molecule has 1 saturated heterocycles. The molecule has 23 heavy (non-hydrogen) atoms. The molecule has 122 valence electrons. The molecule has 3 rings (SSSR count). The number of hydrogen-bond acceptors (Lipinski definition) is 4. The number of likely N-dealkylation sites (N-methyl/N-ethyl adjacent to an activating group) is 1. The number of hydrogen-bond donors (Lipinski definition) is 1. The summed E-state index contributed by atoms with van der Waals surface area (Å²) in [6.45, 7) is 7.43. The van der Waals surface area contributed by atoms with E-state index in [1.165, 1.54) is 6.07 Å². The molecule has 1 aliphatic rings. The van der Waals surface area contributed by atoms with Crippen molar-refractivity contribution in [3.05, 3.63) is 47.5 Å². The molecule has 2 aromatic rings. The van der Waals surface area contributed by atoms with Crippen molar-refractivity contribution in [3.63, 3.8) is 0 Å². The van der Waals surface area contributed by atoms with Crippen LogP contribution in [-0.2, 0) is 0 Å². The van der Waals surface area contributed by atoms with Crippen LogP contribution < -0.4 is 10.2 Å². The standard InChI is InChI=1S/C17H20ClFN4/c1-2-22-5-7-23(8-6-22)15-9-14(11-20-12-15)21-13-3-4-17(19)16(18)10-13/h3-4,9-12,21H,2,5-8H2,1H3. The lowest BCUT2D eigenvalue weighted by Crippen LogP contribution is -2.46. The van der Waals surface area contributed by atoms with E-state index >= 15 is 0 Å². The van der Waals surface area contributed by atoms with E-state index < -0.39 is 5.82 Å². The van der Waals surface area contributed by atoms with Crippen LogP contribution in [-0.4, -0.2) is 42.6 Å². The van der Waals surface area contributed by atoms with E-state index in [4.69, 9.17) is 11.6 Å². The Morgan fingerprint density at radius 2 is 1.91 bits per heavy atom. The number of anilines is 3. The van der Waals surface area contributed by atoms with Crippen molar-refractivity contribution in [1.29, 1.82) is 0 Å². The number of pyridine rings is 1. The van der Waals surface area contributed by atoms with Crippen LogP contribution in [0, 0.1) is 5.82 Å². The van der Waals surface area contributed by atoms with Gasteiger partial charge in [0.25, 0.3) is 0 Å². The third kappa shape index (κ3) is 3.92. The van der Waals surface area contributed by atoms with Gasteiger partial charge in [-0.25, -0.2) is 4.39 Å². The van der Waals surface area contributed by atoms with Crippen molar-refractivity contribution in [2.75, 3.05) is 42.9 Å². The van der Waals surface area contributed by atoms with Crippen LogP contribution in [0.15, 0.2) is 36.7 Å². The SMILES string of the molecule is CCN1CCN(c2cncc(Nc3ccc(F)c(Cl)c3)c2)CC1.